The minimum Gasteiger partial charge on any atom is -0.443 e. The summed E-state index contributed by atoms with van der Waals surface area (Å²) in [6, 6.07) is 21.0. The Balaban J connectivity index is 1.56. The van der Waals surface area contributed by atoms with Crippen LogP contribution in [0.15, 0.2) is 73.2 Å². The molecule has 35 heavy (non-hydrogen) atoms. The van der Waals surface area contributed by atoms with Crippen molar-refractivity contribution in [3.05, 3.63) is 84.3 Å². The van der Waals surface area contributed by atoms with E-state index in [1.54, 1.807) is 30.6 Å². The van der Waals surface area contributed by atoms with Gasteiger partial charge in [-0.15, -0.1) is 0 Å². The number of nitriles is 2. The molecule has 0 aliphatic rings. The van der Waals surface area contributed by atoms with Crippen LogP contribution in [0.2, 0.25) is 0 Å². The number of carbonyl (C=O) groups excluding carboxylic acids is 1. The predicted octanol–water partition coefficient (Wildman–Crippen LogP) is 6.15. The molecule has 0 amide bonds. The van der Waals surface area contributed by atoms with Gasteiger partial charge in [-0.1, -0.05) is 30.3 Å². The number of hydrogen-bond donors (Lipinski definition) is 0. The molecule has 0 N–H and O–H groups in total. The molecule has 0 bridgehead atoms. The molecule has 0 unspecified atom stereocenters. The number of nitrogens with zero attached hydrogens (tertiary/aromatic N) is 5. The molecule has 0 atom stereocenters. The van der Waals surface area contributed by atoms with E-state index in [0.29, 0.717) is 16.6 Å². The second-order valence-electron chi connectivity index (χ2n) is 9.24. The van der Waals surface area contributed by atoms with Gasteiger partial charge in [0.05, 0.1) is 28.4 Å². The van der Waals surface area contributed by atoms with Gasteiger partial charge in [-0.2, -0.15) is 10.5 Å². The third-order valence-electron chi connectivity index (χ3n) is 5.60. The second-order valence-corrected chi connectivity index (χ2v) is 9.24. The van der Waals surface area contributed by atoms with E-state index in [1.165, 1.54) is 4.57 Å². The number of rotatable bonds is 2. The number of benzene rings is 2. The lowest BCUT2D eigenvalue weighted by molar-refractivity contribution is 0.0544. The molecular formula is C28H21N5O2. The Morgan fingerprint density at radius 2 is 1.57 bits per heavy atom. The maximum absolute atomic E-state index is 12.9. The van der Waals surface area contributed by atoms with E-state index < -0.39 is 11.7 Å². The van der Waals surface area contributed by atoms with Crippen LogP contribution < -0.4 is 0 Å². The van der Waals surface area contributed by atoms with Gasteiger partial charge in [-0.25, -0.2) is 9.78 Å². The van der Waals surface area contributed by atoms with Crippen molar-refractivity contribution in [2.75, 3.05) is 0 Å². The van der Waals surface area contributed by atoms with Crippen LogP contribution in [0.1, 0.15) is 31.9 Å². The van der Waals surface area contributed by atoms with Crippen molar-refractivity contribution in [3.63, 3.8) is 0 Å². The highest BCUT2D eigenvalue weighted by Crippen LogP contribution is 2.33. The number of carbonyl (C=O) groups is 1. The van der Waals surface area contributed by atoms with Crippen molar-refractivity contribution in [1.29, 1.82) is 10.5 Å². The number of imidazole rings is 1. The first-order valence-electron chi connectivity index (χ1n) is 11.0. The molecular weight excluding hydrogens is 438 g/mol. The predicted molar refractivity (Wildman–Crippen MR) is 133 cm³/mol. The molecule has 0 saturated heterocycles. The van der Waals surface area contributed by atoms with Crippen LogP contribution in [-0.2, 0) is 4.74 Å². The Kier molecular flexibility index (Phi) is 5.12. The molecule has 0 saturated carbocycles. The van der Waals surface area contributed by atoms with Crippen molar-refractivity contribution in [1.82, 2.24) is 14.0 Å². The number of pyridine rings is 1. The Morgan fingerprint density at radius 3 is 2.26 bits per heavy atom. The molecule has 0 spiro atoms. The fourth-order valence-electron chi connectivity index (χ4n) is 4.01. The van der Waals surface area contributed by atoms with Crippen LogP contribution in [0.4, 0.5) is 4.79 Å². The van der Waals surface area contributed by atoms with Gasteiger partial charge in [0, 0.05) is 35.1 Å². The molecule has 0 aliphatic heterocycles. The Labute approximate surface area is 202 Å². The summed E-state index contributed by atoms with van der Waals surface area (Å²) < 4.78 is 8.88. The van der Waals surface area contributed by atoms with E-state index in [0.717, 1.165) is 33.4 Å². The van der Waals surface area contributed by atoms with Crippen LogP contribution >= 0.6 is 0 Å². The molecule has 2 aromatic carbocycles. The molecule has 7 heteroatoms. The van der Waals surface area contributed by atoms with E-state index in [-0.39, 0.29) is 0 Å². The lowest BCUT2D eigenvalue weighted by Gasteiger charge is -2.19. The molecule has 7 nitrogen and oxygen atoms in total. The fraction of sp³-hybridized carbons (Fsp3) is 0.143. The summed E-state index contributed by atoms with van der Waals surface area (Å²) in [6.07, 6.45) is 4.90. The normalized spacial score (nSPS) is 11.3. The van der Waals surface area contributed by atoms with Gasteiger partial charge in [0.25, 0.3) is 0 Å². The Bertz CT molecular complexity index is 1690. The summed E-state index contributed by atoms with van der Waals surface area (Å²) in [5, 5.41) is 19.3. The van der Waals surface area contributed by atoms with E-state index in [4.69, 9.17) is 10.00 Å². The smallest absolute Gasteiger partial charge is 0.419 e. The standard InChI is InChI=1S/C28H21N5O2/c1-28(2,3)35-27(34)33-16-23(22-10-4-18(13-29)12-25(22)33)20-6-8-21(9-7-20)24-17-32-15-19(14-30)5-11-26(32)31-24/h4-12,15-17H,1-3H3. The van der Waals surface area contributed by atoms with Gasteiger partial charge in [0.2, 0.25) is 0 Å². The van der Waals surface area contributed by atoms with Gasteiger partial charge < -0.3 is 9.14 Å². The highest BCUT2D eigenvalue weighted by atomic mass is 16.6. The molecule has 5 rings (SSSR count). The number of hydrogen-bond acceptors (Lipinski definition) is 5. The molecule has 5 aromatic rings. The summed E-state index contributed by atoms with van der Waals surface area (Å²) in [5.74, 6) is 0. The third kappa shape index (κ3) is 4.12. The summed E-state index contributed by atoms with van der Waals surface area (Å²) in [5.41, 5.74) is 5.26. The fourth-order valence-corrected chi connectivity index (χ4v) is 4.01. The summed E-state index contributed by atoms with van der Waals surface area (Å²) in [7, 11) is 0. The van der Waals surface area contributed by atoms with Gasteiger partial charge >= 0.3 is 6.09 Å². The third-order valence-corrected chi connectivity index (χ3v) is 5.60. The summed E-state index contributed by atoms with van der Waals surface area (Å²) >= 11 is 0. The van der Waals surface area contributed by atoms with Crippen LogP contribution in [0.5, 0.6) is 0 Å². The van der Waals surface area contributed by atoms with Gasteiger partial charge in [-0.05, 0) is 50.6 Å². The van der Waals surface area contributed by atoms with Crippen molar-refractivity contribution in [2.24, 2.45) is 0 Å². The SMILES string of the molecule is CC(C)(C)OC(=O)n1cc(-c2ccc(-c3cn4cc(C#N)ccc4n3)cc2)c2ccc(C#N)cc21. The van der Waals surface area contributed by atoms with Crippen molar-refractivity contribution in [3.8, 4) is 34.5 Å². The monoisotopic (exact) mass is 459 g/mol. The molecule has 0 aliphatic carbocycles. The van der Waals surface area contributed by atoms with Crippen LogP contribution in [0.3, 0.4) is 0 Å². The molecule has 0 fully saturated rings. The minimum absolute atomic E-state index is 0.466. The van der Waals surface area contributed by atoms with Crippen molar-refractivity contribution < 1.29 is 9.53 Å². The molecule has 3 heterocycles. The average Bonchev–Trinajstić information content (AvgIpc) is 3.44. The largest absolute Gasteiger partial charge is 0.443 e. The maximum atomic E-state index is 12.9. The van der Waals surface area contributed by atoms with Crippen LogP contribution in [0, 0.1) is 22.7 Å². The van der Waals surface area contributed by atoms with Gasteiger partial charge in [0.1, 0.15) is 17.3 Å². The number of ether oxygens (including phenoxy) is 1. The first-order chi connectivity index (χ1) is 16.8. The maximum Gasteiger partial charge on any atom is 0.419 e. The average molecular weight is 460 g/mol. The summed E-state index contributed by atoms with van der Waals surface area (Å²) in [4.78, 5) is 17.6. The lowest BCUT2D eigenvalue weighted by atomic mass is 10.0. The Morgan fingerprint density at radius 1 is 0.886 bits per heavy atom. The van der Waals surface area contributed by atoms with Crippen LogP contribution in [0.25, 0.3) is 38.9 Å². The van der Waals surface area contributed by atoms with Crippen molar-refractivity contribution >= 4 is 22.6 Å². The highest BCUT2D eigenvalue weighted by Gasteiger charge is 2.21. The zero-order chi connectivity index (χ0) is 24.7. The van der Waals surface area contributed by atoms with Gasteiger partial charge in [0.15, 0.2) is 0 Å². The molecule has 170 valence electrons. The van der Waals surface area contributed by atoms with Crippen LogP contribution in [-0.4, -0.2) is 25.6 Å². The Hall–Kier alpha value is -4.88. The summed E-state index contributed by atoms with van der Waals surface area (Å²) in [6.45, 7) is 5.45. The number of fused-ring (bicyclic) bond motifs is 2. The quantitative estimate of drug-likeness (QED) is 0.315. The highest BCUT2D eigenvalue weighted by molar-refractivity contribution is 6.01. The van der Waals surface area contributed by atoms with E-state index >= 15 is 0 Å². The van der Waals surface area contributed by atoms with E-state index in [9.17, 15) is 10.1 Å². The first-order valence-corrected chi connectivity index (χ1v) is 11.0. The van der Waals surface area contributed by atoms with Crippen molar-refractivity contribution in [2.45, 2.75) is 26.4 Å². The lowest BCUT2D eigenvalue weighted by Crippen LogP contribution is -2.26. The molecule has 0 radical (unpaired) electrons. The zero-order valence-corrected chi connectivity index (χ0v) is 19.5. The zero-order valence-electron chi connectivity index (χ0n) is 19.5. The second kappa shape index (κ2) is 8.16. The van der Waals surface area contributed by atoms with E-state index in [2.05, 4.69) is 17.1 Å². The molecule has 3 aromatic heterocycles. The first kappa shape index (κ1) is 21.9. The van der Waals surface area contributed by atoms with Gasteiger partial charge in [-0.3, -0.25) is 4.57 Å². The topological polar surface area (TPSA) is 96.1 Å². The number of aromatic nitrogens is 3. The van der Waals surface area contributed by atoms with E-state index in [1.807, 2.05) is 67.8 Å². The minimum atomic E-state index is -0.648.